The second kappa shape index (κ2) is 68.3. The summed E-state index contributed by atoms with van der Waals surface area (Å²) in [5, 5.41) is 0. The van der Waals surface area contributed by atoms with Gasteiger partial charge in [0.05, 0.1) is 0 Å². The molecule has 0 heterocycles. The number of hydrogen-bond donors (Lipinski definition) is 0. The van der Waals surface area contributed by atoms with Crippen molar-refractivity contribution in [3.63, 3.8) is 0 Å². The van der Waals surface area contributed by atoms with Crippen molar-refractivity contribution in [3.8, 4) is 0 Å². The Morgan fingerprint density at radius 2 is 0.481 bits per heavy atom. The topological polar surface area (TPSA) is 78.9 Å². The van der Waals surface area contributed by atoms with E-state index >= 15 is 0 Å². The zero-order valence-electron chi connectivity index (χ0n) is 53.0. The van der Waals surface area contributed by atoms with Crippen LogP contribution in [0.4, 0.5) is 0 Å². The van der Waals surface area contributed by atoms with Crippen LogP contribution in [-0.4, -0.2) is 37.2 Å². The van der Waals surface area contributed by atoms with E-state index in [-0.39, 0.29) is 31.1 Å². The molecular formula is C75H126O6. The third-order valence-corrected chi connectivity index (χ3v) is 14.5. The molecule has 0 saturated carbocycles. The highest BCUT2D eigenvalue weighted by molar-refractivity contribution is 5.71. The number of hydrogen-bond acceptors (Lipinski definition) is 6. The molecule has 0 N–H and O–H groups in total. The van der Waals surface area contributed by atoms with Crippen molar-refractivity contribution < 1.29 is 28.6 Å². The summed E-state index contributed by atoms with van der Waals surface area (Å²) in [6, 6.07) is 0. The number of esters is 3. The van der Waals surface area contributed by atoms with Gasteiger partial charge in [-0.2, -0.15) is 0 Å². The molecule has 1 atom stereocenters. The van der Waals surface area contributed by atoms with Crippen molar-refractivity contribution in [1.82, 2.24) is 0 Å². The first-order chi connectivity index (χ1) is 40.0. The van der Waals surface area contributed by atoms with Crippen LogP contribution in [0.2, 0.25) is 0 Å². The molecule has 0 rings (SSSR count). The average Bonchev–Trinajstić information content (AvgIpc) is 3.46. The van der Waals surface area contributed by atoms with E-state index in [1.807, 2.05) is 0 Å². The van der Waals surface area contributed by atoms with Gasteiger partial charge in [0.15, 0.2) is 6.10 Å². The third-order valence-electron chi connectivity index (χ3n) is 14.5. The van der Waals surface area contributed by atoms with Crippen LogP contribution >= 0.6 is 0 Å². The molecule has 6 nitrogen and oxygen atoms in total. The first-order valence-corrected chi connectivity index (χ1v) is 34.0. The molecule has 0 aromatic heterocycles. The predicted molar refractivity (Wildman–Crippen MR) is 353 cm³/mol. The van der Waals surface area contributed by atoms with Crippen LogP contribution in [0.1, 0.15) is 316 Å². The minimum Gasteiger partial charge on any atom is -0.462 e. The Hall–Kier alpha value is -4.19. The summed E-state index contributed by atoms with van der Waals surface area (Å²) in [4.78, 5) is 38.2. The molecule has 0 fully saturated rings. The van der Waals surface area contributed by atoms with Crippen LogP contribution < -0.4 is 0 Å². The Balaban J connectivity index is 4.10. The summed E-state index contributed by atoms with van der Waals surface area (Å²) in [5.41, 5.74) is 0. The minimum atomic E-state index is -0.779. The molecule has 462 valence electrons. The van der Waals surface area contributed by atoms with Crippen LogP contribution in [0.5, 0.6) is 0 Å². The highest BCUT2D eigenvalue weighted by atomic mass is 16.6. The fraction of sp³-hybridized carbons (Fsp3) is 0.693. The van der Waals surface area contributed by atoms with Crippen molar-refractivity contribution in [2.24, 2.45) is 0 Å². The lowest BCUT2D eigenvalue weighted by Crippen LogP contribution is -2.30. The van der Waals surface area contributed by atoms with Crippen LogP contribution in [-0.2, 0) is 28.6 Å². The highest BCUT2D eigenvalue weighted by Crippen LogP contribution is 2.17. The van der Waals surface area contributed by atoms with E-state index in [1.54, 1.807) is 0 Å². The summed E-state index contributed by atoms with van der Waals surface area (Å²) < 4.78 is 16.9. The zero-order valence-corrected chi connectivity index (χ0v) is 53.0. The standard InChI is InChI=1S/C75H126O6/c1-4-7-10-13-16-18-20-22-24-26-28-30-32-34-35-36-37-38-39-41-42-44-46-48-50-52-54-56-59-62-65-68-74(77)80-71-72(70-79-73(76)67-64-61-58-15-12-9-6-3)81-75(78)69-66-63-60-57-55-53-51-49-47-45-43-40-33-31-29-27-25-23-21-19-17-14-11-8-5-2/h7-8,10-11,16-19,22-25,28-31,34-35,37-38,72H,4-6,9,12-15,20-21,26-27,32-33,36,39-71H2,1-3H3/b10-7-,11-8-,18-16-,19-17-,24-22-,25-23-,30-28-,31-29-,35-34-,38-37-. The van der Waals surface area contributed by atoms with E-state index in [0.717, 1.165) is 122 Å². The van der Waals surface area contributed by atoms with Gasteiger partial charge in [-0.3, -0.25) is 14.4 Å². The van der Waals surface area contributed by atoms with Crippen LogP contribution in [0.15, 0.2) is 122 Å². The molecule has 0 aromatic carbocycles. The molecule has 0 aromatic rings. The number of unbranched alkanes of at least 4 members (excludes halogenated alkanes) is 30. The van der Waals surface area contributed by atoms with Gasteiger partial charge < -0.3 is 14.2 Å². The molecule has 0 aliphatic heterocycles. The van der Waals surface area contributed by atoms with Crippen molar-refractivity contribution in [2.75, 3.05) is 13.2 Å². The number of rotatable bonds is 61. The molecule has 0 radical (unpaired) electrons. The SMILES string of the molecule is CC/C=C\C/C=C\C/C=C\C/C=C\C/C=C\C/C=C\CCCCCCCCCCCCCCC(=O)OCC(COC(=O)CCCCCCCCC)OC(=O)CCCCCCCCCCCCCC/C=C\C/C=C\C/C=C\C/C=C\CC. The largest absolute Gasteiger partial charge is 0.462 e. The van der Waals surface area contributed by atoms with Gasteiger partial charge in [0.1, 0.15) is 13.2 Å². The normalized spacial score (nSPS) is 12.9. The lowest BCUT2D eigenvalue weighted by Gasteiger charge is -2.18. The van der Waals surface area contributed by atoms with E-state index in [1.165, 1.54) is 154 Å². The number of ether oxygens (including phenoxy) is 3. The first-order valence-electron chi connectivity index (χ1n) is 34.0. The molecule has 0 aliphatic rings. The van der Waals surface area contributed by atoms with Gasteiger partial charge in [0, 0.05) is 19.3 Å². The van der Waals surface area contributed by atoms with E-state index in [4.69, 9.17) is 14.2 Å². The number of allylic oxidation sites excluding steroid dienone is 20. The van der Waals surface area contributed by atoms with Gasteiger partial charge >= 0.3 is 17.9 Å². The maximum Gasteiger partial charge on any atom is 0.306 e. The molecule has 6 heteroatoms. The Kier molecular flexibility index (Phi) is 64.8. The highest BCUT2D eigenvalue weighted by Gasteiger charge is 2.19. The fourth-order valence-electron chi connectivity index (χ4n) is 9.44. The van der Waals surface area contributed by atoms with Crippen molar-refractivity contribution in [3.05, 3.63) is 122 Å². The van der Waals surface area contributed by atoms with Gasteiger partial charge in [0.2, 0.25) is 0 Å². The van der Waals surface area contributed by atoms with Crippen LogP contribution in [0.25, 0.3) is 0 Å². The predicted octanol–water partition coefficient (Wildman–Crippen LogP) is 23.6. The van der Waals surface area contributed by atoms with Gasteiger partial charge in [-0.1, -0.05) is 309 Å². The monoisotopic (exact) mass is 1120 g/mol. The Bertz CT molecular complexity index is 1670. The number of carbonyl (C=O) groups excluding carboxylic acids is 3. The van der Waals surface area contributed by atoms with Crippen molar-refractivity contribution in [2.45, 2.75) is 322 Å². The Morgan fingerprint density at radius 1 is 0.259 bits per heavy atom. The second-order valence-electron chi connectivity index (χ2n) is 22.3. The van der Waals surface area contributed by atoms with Crippen molar-refractivity contribution in [1.29, 1.82) is 0 Å². The summed E-state index contributed by atoms with van der Waals surface area (Å²) >= 11 is 0. The molecule has 0 amide bonds. The minimum absolute atomic E-state index is 0.0779. The third kappa shape index (κ3) is 66.5. The lowest BCUT2D eigenvalue weighted by atomic mass is 10.0. The summed E-state index contributed by atoms with van der Waals surface area (Å²) in [5.74, 6) is -0.880. The van der Waals surface area contributed by atoms with E-state index in [9.17, 15) is 14.4 Å². The Morgan fingerprint density at radius 3 is 0.753 bits per heavy atom. The fourth-order valence-corrected chi connectivity index (χ4v) is 9.44. The summed E-state index contributed by atoms with van der Waals surface area (Å²) in [7, 11) is 0. The molecule has 0 saturated heterocycles. The van der Waals surface area contributed by atoms with Gasteiger partial charge in [-0.25, -0.2) is 0 Å². The van der Waals surface area contributed by atoms with Crippen LogP contribution in [0, 0.1) is 0 Å². The molecule has 1 unspecified atom stereocenters. The van der Waals surface area contributed by atoms with E-state index in [2.05, 4.69) is 142 Å². The Labute approximate surface area is 501 Å². The quantitative estimate of drug-likeness (QED) is 0.0261. The zero-order chi connectivity index (χ0) is 58.5. The molecule has 0 bridgehead atoms. The molecular weight excluding hydrogens is 997 g/mol. The molecule has 0 spiro atoms. The second-order valence-corrected chi connectivity index (χ2v) is 22.3. The van der Waals surface area contributed by atoms with E-state index in [0.29, 0.717) is 19.3 Å². The maximum absolute atomic E-state index is 12.9. The number of carbonyl (C=O) groups is 3. The smallest absolute Gasteiger partial charge is 0.306 e. The van der Waals surface area contributed by atoms with E-state index < -0.39 is 6.10 Å². The summed E-state index contributed by atoms with van der Waals surface area (Å²) in [6.07, 6.45) is 95.3. The first kappa shape index (κ1) is 76.8. The van der Waals surface area contributed by atoms with Gasteiger partial charge in [-0.15, -0.1) is 0 Å². The average molecular weight is 1120 g/mol. The van der Waals surface area contributed by atoms with Crippen molar-refractivity contribution >= 4 is 17.9 Å². The van der Waals surface area contributed by atoms with Gasteiger partial charge in [-0.05, 0) is 109 Å². The molecule has 0 aliphatic carbocycles. The lowest BCUT2D eigenvalue weighted by molar-refractivity contribution is -0.167. The molecule has 81 heavy (non-hydrogen) atoms. The maximum atomic E-state index is 12.9. The van der Waals surface area contributed by atoms with Gasteiger partial charge in [0.25, 0.3) is 0 Å². The van der Waals surface area contributed by atoms with Crippen LogP contribution in [0.3, 0.4) is 0 Å². The summed E-state index contributed by atoms with van der Waals surface area (Å²) in [6.45, 7) is 6.39.